The molecule has 0 spiro atoms. The number of nitrogens with zero attached hydrogens (tertiary/aromatic N) is 1. The minimum absolute atomic E-state index is 0.00655. The molecule has 0 saturated carbocycles. The Morgan fingerprint density at radius 1 is 1.15 bits per heavy atom. The summed E-state index contributed by atoms with van der Waals surface area (Å²) in [5.41, 5.74) is 4.29. The van der Waals surface area contributed by atoms with Gasteiger partial charge in [0.15, 0.2) is 6.61 Å². The molecule has 132 valence electrons. The molecule has 4 rings (SSSR count). The van der Waals surface area contributed by atoms with Crippen LogP contribution < -0.4 is 10.1 Å². The molecule has 0 aliphatic heterocycles. The summed E-state index contributed by atoms with van der Waals surface area (Å²) in [6.45, 7) is 1.94. The van der Waals surface area contributed by atoms with Crippen LogP contribution in [0.4, 0.5) is 0 Å². The van der Waals surface area contributed by atoms with Crippen molar-refractivity contribution < 1.29 is 9.53 Å². The third-order valence-corrected chi connectivity index (χ3v) is 4.89. The molecule has 1 aliphatic carbocycles. The maximum absolute atomic E-state index is 12.4. The van der Waals surface area contributed by atoms with Gasteiger partial charge < -0.3 is 10.1 Å². The van der Waals surface area contributed by atoms with E-state index < -0.39 is 0 Å². The summed E-state index contributed by atoms with van der Waals surface area (Å²) < 4.78 is 5.79. The summed E-state index contributed by atoms with van der Waals surface area (Å²) in [5, 5.41) is 4.13. The smallest absolute Gasteiger partial charge is 0.258 e. The van der Waals surface area contributed by atoms with Gasteiger partial charge in [-0.25, -0.2) is 4.98 Å². The Kier molecular flexibility index (Phi) is 4.57. The van der Waals surface area contributed by atoms with E-state index in [1.807, 2.05) is 43.3 Å². The lowest BCUT2D eigenvalue weighted by Gasteiger charge is -2.26. The van der Waals surface area contributed by atoms with E-state index in [2.05, 4.69) is 28.5 Å². The van der Waals surface area contributed by atoms with Crippen molar-refractivity contribution in [2.45, 2.75) is 32.2 Å². The quantitative estimate of drug-likeness (QED) is 0.773. The third-order valence-electron chi connectivity index (χ3n) is 4.89. The number of para-hydroxylation sites is 1. The first-order chi connectivity index (χ1) is 12.7. The summed E-state index contributed by atoms with van der Waals surface area (Å²) in [4.78, 5) is 17.0. The normalized spacial score (nSPS) is 16.1. The molecule has 4 nitrogen and oxygen atoms in total. The number of carbonyl (C=O) groups excluding carboxylic acids is 1. The highest BCUT2D eigenvalue weighted by molar-refractivity contribution is 5.85. The Labute approximate surface area is 153 Å². The summed E-state index contributed by atoms with van der Waals surface area (Å²) in [5.74, 6) is 0.543. The topological polar surface area (TPSA) is 51.2 Å². The minimum Gasteiger partial charge on any atom is -0.481 e. The number of ether oxygens (including phenoxy) is 1. The lowest BCUT2D eigenvalue weighted by Crippen LogP contribution is -2.34. The molecule has 3 aromatic rings. The SMILES string of the molecule is Cc1ccc2cccc(OCC(=O)N[C@@H]3CCCc4ccccc43)c2n1. The van der Waals surface area contributed by atoms with Crippen molar-refractivity contribution in [3.8, 4) is 5.75 Å². The highest BCUT2D eigenvalue weighted by Gasteiger charge is 2.21. The summed E-state index contributed by atoms with van der Waals surface area (Å²) >= 11 is 0. The van der Waals surface area contributed by atoms with E-state index in [1.54, 1.807) is 0 Å². The zero-order valence-corrected chi connectivity index (χ0v) is 14.9. The molecule has 4 heteroatoms. The number of pyridine rings is 1. The molecule has 1 aliphatic rings. The van der Waals surface area contributed by atoms with Gasteiger partial charge in [0, 0.05) is 11.1 Å². The number of rotatable bonds is 4. The molecular weight excluding hydrogens is 324 g/mol. The fourth-order valence-corrected chi connectivity index (χ4v) is 3.62. The first-order valence-electron chi connectivity index (χ1n) is 9.07. The van der Waals surface area contributed by atoms with Crippen LogP contribution in [0.2, 0.25) is 0 Å². The Bertz CT molecular complexity index is 952. The maximum atomic E-state index is 12.4. The first-order valence-corrected chi connectivity index (χ1v) is 9.07. The molecular formula is C22H22N2O2. The van der Waals surface area contributed by atoms with Crippen molar-refractivity contribution >= 4 is 16.8 Å². The van der Waals surface area contributed by atoms with Gasteiger partial charge in [0.2, 0.25) is 0 Å². The number of carbonyl (C=O) groups is 1. The molecule has 1 atom stereocenters. The van der Waals surface area contributed by atoms with E-state index in [0.717, 1.165) is 35.9 Å². The molecule has 0 fully saturated rings. The van der Waals surface area contributed by atoms with Gasteiger partial charge in [0.25, 0.3) is 5.91 Å². The maximum Gasteiger partial charge on any atom is 0.258 e. The predicted octanol–water partition coefficient (Wildman–Crippen LogP) is 4.12. The molecule has 1 N–H and O–H groups in total. The van der Waals surface area contributed by atoms with E-state index in [0.29, 0.717) is 5.75 Å². The van der Waals surface area contributed by atoms with E-state index >= 15 is 0 Å². The Morgan fingerprint density at radius 3 is 2.96 bits per heavy atom. The average Bonchev–Trinajstić information content (AvgIpc) is 2.66. The molecule has 0 bridgehead atoms. The molecule has 2 aromatic carbocycles. The standard InChI is InChI=1S/C22H22N2O2/c1-15-12-13-17-8-5-11-20(22(17)23-15)26-14-21(25)24-19-10-4-7-16-6-2-3-9-18(16)19/h2-3,5-6,8-9,11-13,19H,4,7,10,14H2,1H3,(H,24,25)/t19-/m1/s1. The number of amides is 1. The van der Waals surface area contributed by atoms with Gasteiger partial charge >= 0.3 is 0 Å². The lowest BCUT2D eigenvalue weighted by molar-refractivity contribution is -0.123. The van der Waals surface area contributed by atoms with Crippen molar-refractivity contribution in [3.63, 3.8) is 0 Å². The van der Waals surface area contributed by atoms with E-state index in [1.165, 1.54) is 11.1 Å². The molecule has 0 saturated heterocycles. The molecule has 0 unspecified atom stereocenters. The summed E-state index contributed by atoms with van der Waals surface area (Å²) in [7, 11) is 0. The zero-order chi connectivity index (χ0) is 17.9. The van der Waals surface area contributed by atoms with Crippen LogP contribution in [0, 0.1) is 6.92 Å². The number of benzene rings is 2. The molecule has 0 radical (unpaired) electrons. The van der Waals surface area contributed by atoms with E-state index in [-0.39, 0.29) is 18.6 Å². The monoisotopic (exact) mass is 346 g/mol. The van der Waals surface area contributed by atoms with Gasteiger partial charge in [-0.3, -0.25) is 4.79 Å². The van der Waals surface area contributed by atoms with Crippen molar-refractivity contribution in [3.05, 3.63) is 71.4 Å². The van der Waals surface area contributed by atoms with Gasteiger partial charge in [0.05, 0.1) is 6.04 Å². The number of fused-ring (bicyclic) bond motifs is 2. The molecule has 26 heavy (non-hydrogen) atoms. The molecule has 1 aromatic heterocycles. The van der Waals surface area contributed by atoms with Crippen LogP contribution in [0.25, 0.3) is 10.9 Å². The van der Waals surface area contributed by atoms with Crippen molar-refractivity contribution in [2.24, 2.45) is 0 Å². The van der Waals surface area contributed by atoms with Crippen LogP contribution in [0.1, 0.15) is 35.7 Å². The van der Waals surface area contributed by atoms with Gasteiger partial charge in [-0.1, -0.05) is 42.5 Å². The third kappa shape index (κ3) is 3.40. The predicted molar refractivity (Wildman–Crippen MR) is 102 cm³/mol. The number of hydrogen-bond acceptors (Lipinski definition) is 3. The van der Waals surface area contributed by atoms with Crippen LogP contribution in [0.3, 0.4) is 0 Å². The summed E-state index contributed by atoms with van der Waals surface area (Å²) in [6, 6.07) is 18.2. The van der Waals surface area contributed by atoms with Gasteiger partial charge in [-0.05, 0) is 49.4 Å². The largest absolute Gasteiger partial charge is 0.481 e. The number of nitrogens with one attached hydrogen (secondary N) is 1. The number of hydrogen-bond donors (Lipinski definition) is 1. The van der Waals surface area contributed by atoms with Crippen LogP contribution in [-0.4, -0.2) is 17.5 Å². The van der Waals surface area contributed by atoms with Crippen LogP contribution in [0.5, 0.6) is 5.75 Å². The van der Waals surface area contributed by atoms with Crippen molar-refractivity contribution in [1.29, 1.82) is 0 Å². The summed E-state index contributed by atoms with van der Waals surface area (Å²) in [6.07, 6.45) is 3.15. The lowest BCUT2D eigenvalue weighted by atomic mass is 9.88. The molecule has 1 heterocycles. The second-order valence-electron chi connectivity index (χ2n) is 6.78. The highest BCUT2D eigenvalue weighted by Crippen LogP contribution is 2.29. The second kappa shape index (κ2) is 7.16. The highest BCUT2D eigenvalue weighted by atomic mass is 16.5. The first kappa shape index (κ1) is 16.6. The van der Waals surface area contributed by atoms with E-state index in [9.17, 15) is 4.79 Å². The van der Waals surface area contributed by atoms with Crippen LogP contribution in [0.15, 0.2) is 54.6 Å². The number of aryl methyl sites for hydroxylation is 2. The van der Waals surface area contributed by atoms with Crippen LogP contribution in [-0.2, 0) is 11.2 Å². The second-order valence-corrected chi connectivity index (χ2v) is 6.78. The van der Waals surface area contributed by atoms with Gasteiger partial charge in [0.1, 0.15) is 11.3 Å². The van der Waals surface area contributed by atoms with Gasteiger partial charge in [-0.15, -0.1) is 0 Å². The zero-order valence-electron chi connectivity index (χ0n) is 14.9. The Morgan fingerprint density at radius 2 is 2.04 bits per heavy atom. The fourth-order valence-electron chi connectivity index (χ4n) is 3.62. The fraction of sp³-hybridized carbons (Fsp3) is 0.273. The minimum atomic E-state index is -0.101. The van der Waals surface area contributed by atoms with Gasteiger partial charge in [-0.2, -0.15) is 0 Å². The Hall–Kier alpha value is -2.88. The molecule has 1 amide bonds. The Balaban J connectivity index is 1.45. The van der Waals surface area contributed by atoms with Crippen molar-refractivity contribution in [1.82, 2.24) is 10.3 Å². The average molecular weight is 346 g/mol. The van der Waals surface area contributed by atoms with Crippen LogP contribution >= 0.6 is 0 Å². The number of aromatic nitrogens is 1. The van der Waals surface area contributed by atoms with Crippen molar-refractivity contribution in [2.75, 3.05) is 6.61 Å². The van der Waals surface area contributed by atoms with E-state index in [4.69, 9.17) is 4.74 Å².